The Bertz CT molecular complexity index is 1100. The topological polar surface area (TPSA) is 140 Å². The number of anilines is 1. The Balaban J connectivity index is 1.58. The number of nitrogens with zero attached hydrogens (tertiary/aromatic N) is 5. The molecule has 3 N–H and O–H groups in total. The van der Waals surface area contributed by atoms with Crippen LogP contribution in [0.1, 0.15) is 25.0 Å². The van der Waals surface area contributed by atoms with Crippen LogP contribution < -0.4 is 11.1 Å². The van der Waals surface area contributed by atoms with Gasteiger partial charge in [0.25, 0.3) is 0 Å². The number of pyridine rings is 1. The number of rotatable bonds is 6. The van der Waals surface area contributed by atoms with Crippen LogP contribution in [0.5, 0.6) is 0 Å². The molecule has 30 heavy (non-hydrogen) atoms. The molecule has 3 aromatic rings. The lowest BCUT2D eigenvalue weighted by Crippen LogP contribution is -2.33. The monoisotopic (exact) mass is 407 g/mol. The molecule has 0 aromatic carbocycles. The standard InChI is InChI=1S/C20H21N7O3/c1-11(18(21)28)23-20-22-8-6-15(25-20)13-4-3-5-14(24-13)16-10-17(30-26-16)12-7-9-27(2)19(12)29/h3-6,8,10-12H,7,9H2,1-2H3,(H2,21,28)(H,22,23,25)/t11-,12-/m0/s1. The molecule has 1 aliphatic rings. The molecular weight excluding hydrogens is 386 g/mol. The zero-order chi connectivity index (χ0) is 21.3. The van der Waals surface area contributed by atoms with Crippen molar-refractivity contribution in [3.8, 4) is 22.8 Å². The van der Waals surface area contributed by atoms with Gasteiger partial charge in [-0.05, 0) is 31.5 Å². The number of carbonyl (C=O) groups is 2. The van der Waals surface area contributed by atoms with Gasteiger partial charge in [-0.3, -0.25) is 9.59 Å². The van der Waals surface area contributed by atoms with Crippen LogP contribution in [0.4, 0.5) is 5.95 Å². The molecule has 0 spiro atoms. The van der Waals surface area contributed by atoms with Gasteiger partial charge >= 0.3 is 0 Å². The number of aromatic nitrogens is 4. The van der Waals surface area contributed by atoms with Gasteiger partial charge in [0.2, 0.25) is 17.8 Å². The third-order valence-corrected chi connectivity index (χ3v) is 5.00. The fourth-order valence-electron chi connectivity index (χ4n) is 3.22. The summed E-state index contributed by atoms with van der Waals surface area (Å²) in [5.74, 6) is 0.0461. The quantitative estimate of drug-likeness (QED) is 0.625. The van der Waals surface area contributed by atoms with Crippen LogP contribution in [0.25, 0.3) is 22.8 Å². The van der Waals surface area contributed by atoms with Crippen molar-refractivity contribution in [1.82, 2.24) is 25.0 Å². The average Bonchev–Trinajstić information content (AvgIpc) is 3.35. The first-order chi connectivity index (χ1) is 14.4. The first-order valence-electron chi connectivity index (χ1n) is 9.50. The molecule has 2 atom stereocenters. The predicted octanol–water partition coefficient (Wildman–Crippen LogP) is 1.42. The van der Waals surface area contributed by atoms with E-state index in [9.17, 15) is 9.59 Å². The number of amides is 2. The van der Waals surface area contributed by atoms with E-state index in [2.05, 4.69) is 25.4 Å². The van der Waals surface area contributed by atoms with Gasteiger partial charge in [-0.25, -0.2) is 15.0 Å². The molecule has 0 unspecified atom stereocenters. The smallest absolute Gasteiger partial charge is 0.239 e. The van der Waals surface area contributed by atoms with E-state index in [0.29, 0.717) is 41.5 Å². The highest BCUT2D eigenvalue weighted by atomic mass is 16.5. The number of carbonyl (C=O) groups excluding carboxylic acids is 2. The molecular formula is C20H21N7O3. The molecule has 4 heterocycles. The van der Waals surface area contributed by atoms with Gasteiger partial charge in [0.1, 0.15) is 23.4 Å². The Kier molecular flexibility index (Phi) is 5.13. The lowest BCUT2D eigenvalue weighted by atomic mass is 10.0. The maximum atomic E-state index is 12.2. The van der Waals surface area contributed by atoms with E-state index in [4.69, 9.17) is 10.3 Å². The van der Waals surface area contributed by atoms with Crippen molar-refractivity contribution >= 4 is 17.8 Å². The molecule has 1 aliphatic heterocycles. The SMILES string of the molecule is C[C@H](Nc1nccc(-c2cccc(-c3cc([C@@H]4CCN(C)C4=O)on3)n2)n1)C(N)=O. The largest absolute Gasteiger partial charge is 0.368 e. The molecule has 2 amide bonds. The number of nitrogens with two attached hydrogens (primary N) is 1. The van der Waals surface area contributed by atoms with E-state index in [0.717, 1.165) is 0 Å². The van der Waals surface area contributed by atoms with Gasteiger partial charge in [-0.2, -0.15) is 0 Å². The first kappa shape index (κ1) is 19.5. The highest BCUT2D eigenvalue weighted by molar-refractivity contribution is 5.85. The van der Waals surface area contributed by atoms with E-state index < -0.39 is 11.9 Å². The molecule has 10 heteroatoms. The van der Waals surface area contributed by atoms with Crippen LogP contribution in [0.2, 0.25) is 0 Å². The zero-order valence-corrected chi connectivity index (χ0v) is 16.6. The summed E-state index contributed by atoms with van der Waals surface area (Å²) in [5.41, 5.74) is 7.59. The predicted molar refractivity (Wildman–Crippen MR) is 108 cm³/mol. The normalized spacial score (nSPS) is 17.2. The van der Waals surface area contributed by atoms with Gasteiger partial charge in [0.05, 0.1) is 17.1 Å². The summed E-state index contributed by atoms with van der Waals surface area (Å²) >= 11 is 0. The van der Waals surface area contributed by atoms with Crippen LogP contribution in [-0.2, 0) is 9.59 Å². The number of nitrogens with one attached hydrogen (secondary N) is 1. The molecule has 154 valence electrons. The molecule has 0 bridgehead atoms. The Morgan fingerprint density at radius 3 is 2.67 bits per heavy atom. The van der Waals surface area contributed by atoms with Crippen LogP contribution in [-0.4, -0.2) is 56.5 Å². The summed E-state index contributed by atoms with van der Waals surface area (Å²) in [7, 11) is 1.78. The summed E-state index contributed by atoms with van der Waals surface area (Å²) in [6.07, 6.45) is 2.28. The van der Waals surface area contributed by atoms with Crippen molar-refractivity contribution in [2.75, 3.05) is 18.9 Å². The fraction of sp³-hybridized carbons (Fsp3) is 0.300. The van der Waals surface area contributed by atoms with E-state index in [1.54, 1.807) is 37.2 Å². The molecule has 1 fully saturated rings. The molecule has 10 nitrogen and oxygen atoms in total. The molecule has 3 aromatic heterocycles. The fourth-order valence-corrected chi connectivity index (χ4v) is 3.22. The van der Waals surface area contributed by atoms with Gasteiger partial charge in [-0.15, -0.1) is 0 Å². The summed E-state index contributed by atoms with van der Waals surface area (Å²) < 4.78 is 5.44. The maximum Gasteiger partial charge on any atom is 0.239 e. The van der Waals surface area contributed by atoms with Crippen molar-refractivity contribution < 1.29 is 14.1 Å². The minimum absolute atomic E-state index is 0.0330. The Morgan fingerprint density at radius 2 is 1.97 bits per heavy atom. The molecule has 0 saturated carbocycles. The third kappa shape index (κ3) is 3.84. The minimum Gasteiger partial charge on any atom is -0.368 e. The second kappa shape index (κ2) is 7.90. The van der Waals surface area contributed by atoms with E-state index >= 15 is 0 Å². The Hall–Kier alpha value is -3.82. The Morgan fingerprint density at radius 1 is 1.23 bits per heavy atom. The van der Waals surface area contributed by atoms with Crippen molar-refractivity contribution in [3.63, 3.8) is 0 Å². The summed E-state index contributed by atoms with van der Waals surface area (Å²) in [5, 5.41) is 6.95. The van der Waals surface area contributed by atoms with Gasteiger partial charge in [-0.1, -0.05) is 11.2 Å². The van der Waals surface area contributed by atoms with Crippen LogP contribution in [0.3, 0.4) is 0 Å². The molecule has 0 radical (unpaired) electrons. The van der Waals surface area contributed by atoms with Crippen LogP contribution in [0.15, 0.2) is 41.1 Å². The molecule has 4 rings (SSSR count). The highest BCUT2D eigenvalue weighted by Crippen LogP contribution is 2.30. The number of hydrogen-bond donors (Lipinski definition) is 2. The Labute approximate surface area is 172 Å². The van der Waals surface area contributed by atoms with Crippen molar-refractivity contribution in [3.05, 3.63) is 42.3 Å². The second-order valence-electron chi connectivity index (χ2n) is 7.16. The lowest BCUT2D eigenvalue weighted by molar-refractivity contribution is -0.128. The summed E-state index contributed by atoms with van der Waals surface area (Å²) in [4.78, 5) is 38.3. The molecule has 1 saturated heterocycles. The van der Waals surface area contributed by atoms with Crippen molar-refractivity contribution in [1.29, 1.82) is 0 Å². The number of likely N-dealkylation sites (N-methyl/N-ethyl adjacent to an activating group) is 1. The second-order valence-corrected chi connectivity index (χ2v) is 7.16. The van der Waals surface area contributed by atoms with E-state index in [1.165, 1.54) is 0 Å². The van der Waals surface area contributed by atoms with E-state index in [-0.39, 0.29) is 17.8 Å². The zero-order valence-electron chi connectivity index (χ0n) is 16.6. The van der Waals surface area contributed by atoms with Crippen LogP contribution >= 0.6 is 0 Å². The van der Waals surface area contributed by atoms with Gasteiger partial charge in [0.15, 0.2) is 0 Å². The average molecular weight is 407 g/mol. The summed E-state index contributed by atoms with van der Waals surface area (Å²) in [6.45, 7) is 2.33. The third-order valence-electron chi connectivity index (χ3n) is 5.00. The van der Waals surface area contributed by atoms with Crippen molar-refractivity contribution in [2.45, 2.75) is 25.3 Å². The highest BCUT2D eigenvalue weighted by Gasteiger charge is 2.33. The lowest BCUT2D eigenvalue weighted by Gasteiger charge is -2.10. The van der Waals surface area contributed by atoms with Crippen LogP contribution in [0, 0.1) is 0 Å². The number of primary amides is 1. The van der Waals surface area contributed by atoms with E-state index in [1.807, 2.05) is 18.2 Å². The number of hydrogen-bond acceptors (Lipinski definition) is 8. The van der Waals surface area contributed by atoms with Crippen molar-refractivity contribution in [2.24, 2.45) is 5.73 Å². The minimum atomic E-state index is -0.606. The van der Waals surface area contributed by atoms with Gasteiger partial charge < -0.3 is 20.5 Å². The molecule has 0 aliphatic carbocycles. The summed E-state index contributed by atoms with van der Waals surface area (Å²) in [6, 6.07) is 8.32. The maximum absolute atomic E-state index is 12.2. The number of likely N-dealkylation sites (tertiary alicyclic amines) is 1. The van der Waals surface area contributed by atoms with Gasteiger partial charge in [0, 0.05) is 25.9 Å². The first-order valence-corrected chi connectivity index (χ1v) is 9.50.